The third-order valence-electron chi connectivity index (χ3n) is 3.64. The van der Waals surface area contributed by atoms with Crippen molar-refractivity contribution in [2.45, 2.75) is 6.92 Å². The summed E-state index contributed by atoms with van der Waals surface area (Å²) in [7, 11) is 0. The van der Waals surface area contributed by atoms with Gasteiger partial charge in [0, 0.05) is 5.56 Å². The monoisotopic (exact) mass is 369 g/mol. The Morgan fingerprint density at radius 1 is 1.15 bits per heavy atom. The molecule has 27 heavy (non-hydrogen) atoms. The highest BCUT2D eigenvalue weighted by atomic mass is 16.7. The van der Waals surface area contributed by atoms with Gasteiger partial charge in [0.25, 0.3) is 11.8 Å². The molecule has 2 N–H and O–H groups in total. The summed E-state index contributed by atoms with van der Waals surface area (Å²) in [6.45, 7) is 2.44. The minimum atomic E-state index is -0.439. The Balaban J connectivity index is 1.44. The number of rotatable bonds is 7. The Bertz CT molecular complexity index is 849. The largest absolute Gasteiger partial charge is 0.494 e. The fraction of sp³-hybridized carbons (Fsp3) is 0.211. The molecule has 3 rings (SSSR count). The van der Waals surface area contributed by atoms with E-state index in [1.165, 1.54) is 6.21 Å². The summed E-state index contributed by atoms with van der Waals surface area (Å²) in [4.78, 5) is 23.8. The second-order valence-electron chi connectivity index (χ2n) is 5.55. The molecule has 0 atom stereocenters. The van der Waals surface area contributed by atoms with E-state index in [-0.39, 0.29) is 19.2 Å². The maximum absolute atomic E-state index is 12.0. The van der Waals surface area contributed by atoms with E-state index in [1.807, 2.05) is 6.92 Å². The molecule has 8 nitrogen and oxygen atoms in total. The lowest BCUT2D eigenvalue weighted by atomic mass is 10.2. The minimum Gasteiger partial charge on any atom is -0.494 e. The third kappa shape index (κ3) is 4.97. The van der Waals surface area contributed by atoms with Gasteiger partial charge in [0.05, 0.1) is 19.4 Å². The van der Waals surface area contributed by atoms with Crippen molar-refractivity contribution >= 4 is 18.0 Å². The van der Waals surface area contributed by atoms with Gasteiger partial charge >= 0.3 is 0 Å². The van der Waals surface area contributed by atoms with E-state index in [0.29, 0.717) is 29.4 Å². The van der Waals surface area contributed by atoms with Gasteiger partial charge in [-0.2, -0.15) is 5.10 Å². The predicted molar refractivity (Wildman–Crippen MR) is 98.2 cm³/mol. The van der Waals surface area contributed by atoms with E-state index in [2.05, 4.69) is 15.8 Å². The first-order chi connectivity index (χ1) is 13.2. The van der Waals surface area contributed by atoms with Crippen LogP contribution in [0, 0.1) is 0 Å². The Kier molecular flexibility index (Phi) is 5.88. The van der Waals surface area contributed by atoms with Gasteiger partial charge in [0.15, 0.2) is 11.5 Å². The molecule has 0 aromatic heterocycles. The lowest BCUT2D eigenvalue weighted by molar-refractivity contribution is -0.120. The van der Waals surface area contributed by atoms with Crippen molar-refractivity contribution in [2.24, 2.45) is 5.10 Å². The Morgan fingerprint density at radius 2 is 1.93 bits per heavy atom. The molecule has 0 spiro atoms. The number of benzene rings is 2. The van der Waals surface area contributed by atoms with Gasteiger partial charge in [0.1, 0.15) is 5.75 Å². The van der Waals surface area contributed by atoms with Gasteiger partial charge in [-0.1, -0.05) is 0 Å². The highest BCUT2D eigenvalue weighted by Crippen LogP contribution is 2.31. The standard InChI is InChI=1S/C19H19N3O5/c1-2-25-15-6-4-14(5-7-15)19(24)20-11-18(23)22-21-10-13-3-8-16-17(9-13)27-12-26-16/h3-10H,2,11-12H2,1H3,(H,20,24)(H,22,23)/b21-10+. The van der Waals surface area contributed by atoms with Crippen molar-refractivity contribution in [3.05, 3.63) is 53.6 Å². The van der Waals surface area contributed by atoms with Crippen molar-refractivity contribution in [3.8, 4) is 17.2 Å². The Labute approximate surface area is 156 Å². The molecule has 0 aliphatic carbocycles. The Morgan fingerprint density at radius 3 is 2.70 bits per heavy atom. The average molecular weight is 369 g/mol. The minimum absolute atomic E-state index is 0.190. The Hall–Kier alpha value is -3.55. The normalized spacial score (nSPS) is 12.0. The first-order valence-electron chi connectivity index (χ1n) is 8.38. The molecule has 2 aromatic carbocycles. The van der Waals surface area contributed by atoms with Gasteiger partial charge < -0.3 is 19.5 Å². The van der Waals surface area contributed by atoms with Crippen LogP contribution >= 0.6 is 0 Å². The van der Waals surface area contributed by atoms with Crippen LogP contribution in [-0.2, 0) is 4.79 Å². The molecule has 8 heteroatoms. The first kappa shape index (κ1) is 18.2. The molecule has 1 heterocycles. The molecule has 0 unspecified atom stereocenters. The smallest absolute Gasteiger partial charge is 0.259 e. The molecule has 1 aliphatic heterocycles. The van der Waals surface area contributed by atoms with E-state index >= 15 is 0 Å². The van der Waals surface area contributed by atoms with E-state index in [0.717, 1.165) is 5.56 Å². The molecule has 0 saturated carbocycles. The van der Waals surface area contributed by atoms with Crippen LogP contribution < -0.4 is 25.0 Å². The molecule has 1 aliphatic rings. The van der Waals surface area contributed by atoms with E-state index < -0.39 is 5.91 Å². The summed E-state index contributed by atoms with van der Waals surface area (Å²) in [6.07, 6.45) is 1.48. The average Bonchev–Trinajstić information content (AvgIpc) is 3.15. The molecule has 0 bridgehead atoms. The van der Waals surface area contributed by atoms with Crippen molar-refractivity contribution in [1.82, 2.24) is 10.7 Å². The number of hydrogen-bond donors (Lipinski definition) is 2. The molecule has 2 aromatic rings. The molecule has 0 saturated heterocycles. The number of carbonyl (C=O) groups excluding carboxylic acids is 2. The van der Waals surface area contributed by atoms with Crippen LogP contribution in [0.2, 0.25) is 0 Å². The number of ether oxygens (including phenoxy) is 3. The number of hydrazone groups is 1. The lowest BCUT2D eigenvalue weighted by Gasteiger charge is -2.06. The van der Waals surface area contributed by atoms with Crippen LogP contribution in [0.1, 0.15) is 22.8 Å². The van der Waals surface area contributed by atoms with Crippen LogP contribution in [0.3, 0.4) is 0 Å². The van der Waals surface area contributed by atoms with Gasteiger partial charge in [0.2, 0.25) is 6.79 Å². The quantitative estimate of drug-likeness (QED) is 0.572. The maximum Gasteiger partial charge on any atom is 0.259 e. The van der Waals surface area contributed by atoms with Gasteiger partial charge in [-0.25, -0.2) is 5.43 Å². The summed E-state index contributed by atoms with van der Waals surface area (Å²) in [5, 5.41) is 6.39. The van der Waals surface area contributed by atoms with Crippen LogP contribution in [-0.4, -0.2) is 38.0 Å². The second kappa shape index (κ2) is 8.70. The van der Waals surface area contributed by atoms with E-state index in [4.69, 9.17) is 14.2 Å². The van der Waals surface area contributed by atoms with Crippen LogP contribution in [0.25, 0.3) is 0 Å². The number of nitrogens with one attached hydrogen (secondary N) is 2. The molecular formula is C19H19N3O5. The fourth-order valence-corrected chi connectivity index (χ4v) is 2.34. The highest BCUT2D eigenvalue weighted by Gasteiger charge is 2.12. The topological polar surface area (TPSA) is 98.2 Å². The molecule has 0 radical (unpaired) electrons. The predicted octanol–water partition coefficient (Wildman–Crippen LogP) is 1.69. The second-order valence-corrected chi connectivity index (χ2v) is 5.55. The van der Waals surface area contributed by atoms with E-state index in [9.17, 15) is 9.59 Å². The third-order valence-corrected chi connectivity index (χ3v) is 3.64. The van der Waals surface area contributed by atoms with Crippen LogP contribution in [0.15, 0.2) is 47.6 Å². The van der Waals surface area contributed by atoms with Crippen molar-refractivity contribution < 1.29 is 23.8 Å². The SMILES string of the molecule is CCOc1ccc(C(=O)NCC(=O)N/N=C/c2ccc3c(c2)OCO3)cc1. The summed E-state index contributed by atoms with van der Waals surface area (Å²) in [5.74, 6) is 1.20. The zero-order valence-electron chi connectivity index (χ0n) is 14.7. The lowest BCUT2D eigenvalue weighted by Crippen LogP contribution is -2.34. The zero-order chi connectivity index (χ0) is 19.1. The number of amides is 2. The fourth-order valence-electron chi connectivity index (χ4n) is 2.34. The van der Waals surface area contributed by atoms with Gasteiger partial charge in [-0.05, 0) is 55.0 Å². The first-order valence-corrected chi connectivity index (χ1v) is 8.38. The molecule has 140 valence electrons. The summed E-state index contributed by atoms with van der Waals surface area (Å²) in [6, 6.07) is 12.0. The number of nitrogens with zero attached hydrogens (tertiary/aromatic N) is 1. The van der Waals surface area contributed by atoms with Crippen molar-refractivity contribution in [3.63, 3.8) is 0 Å². The maximum atomic E-state index is 12.0. The van der Waals surface area contributed by atoms with Crippen LogP contribution in [0.4, 0.5) is 0 Å². The molecule has 2 amide bonds. The van der Waals surface area contributed by atoms with Crippen LogP contribution in [0.5, 0.6) is 17.2 Å². The molecular weight excluding hydrogens is 350 g/mol. The number of hydrogen-bond acceptors (Lipinski definition) is 6. The number of fused-ring (bicyclic) bond motifs is 1. The zero-order valence-corrected chi connectivity index (χ0v) is 14.7. The van der Waals surface area contributed by atoms with Gasteiger partial charge in [-0.15, -0.1) is 0 Å². The highest BCUT2D eigenvalue weighted by molar-refractivity contribution is 5.96. The van der Waals surface area contributed by atoms with E-state index in [1.54, 1.807) is 42.5 Å². The number of carbonyl (C=O) groups is 2. The van der Waals surface area contributed by atoms with Gasteiger partial charge in [-0.3, -0.25) is 9.59 Å². The van der Waals surface area contributed by atoms with Crippen molar-refractivity contribution in [1.29, 1.82) is 0 Å². The van der Waals surface area contributed by atoms with Crippen molar-refractivity contribution in [2.75, 3.05) is 19.9 Å². The molecule has 0 fully saturated rings. The summed E-state index contributed by atoms with van der Waals surface area (Å²) in [5.41, 5.74) is 3.54. The summed E-state index contributed by atoms with van der Waals surface area (Å²) >= 11 is 0. The summed E-state index contributed by atoms with van der Waals surface area (Å²) < 4.78 is 15.8.